The van der Waals surface area contributed by atoms with Crippen molar-refractivity contribution in [3.63, 3.8) is 0 Å². The number of hydrogen-bond donors (Lipinski definition) is 1. The van der Waals surface area contributed by atoms with E-state index in [9.17, 15) is 0 Å². The van der Waals surface area contributed by atoms with E-state index in [1.807, 2.05) is 0 Å². The summed E-state index contributed by atoms with van der Waals surface area (Å²) < 4.78 is 5.89. The van der Waals surface area contributed by atoms with E-state index in [-0.39, 0.29) is 0 Å². The second kappa shape index (κ2) is 7.46. The van der Waals surface area contributed by atoms with Crippen LogP contribution in [0.1, 0.15) is 52.4 Å². The molecule has 0 aromatic heterocycles. The van der Waals surface area contributed by atoms with E-state index in [0.29, 0.717) is 6.10 Å². The second-order valence-electron chi connectivity index (χ2n) is 5.89. The number of nitrogens with one attached hydrogen (secondary N) is 1. The van der Waals surface area contributed by atoms with E-state index in [1.54, 1.807) is 0 Å². The molecule has 0 aromatic carbocycles. The number of fused-ring (bicyclic) bond motifs is 1. The number of morpholine rings is 1. The molecule has 3 atom stereocenters. The molecule has 3 unspecified atom stereocenters. The second-order valence-corrected chi connectivity index (χ2v) is 5.89. The zero-order valence-corrected chi connectivity index (χ0v) is 12.2. The highest BCUT2D eigenvalue weighted by molar-refractivity contribution is 4.91. The Hall–Kier alpha value is -0.120. The molecule has 0 spiro atoms. The van der Waals surface area contributed by atoms with Crippen LogP contribution in [0.2, 0.25) is 0 Å². The molecule has 0 bridgehead atoms. The molecule has 2 rings (SSSR count). The number of nitrogens with zero attached hydrogens (tertiary/aromatic N) is 1. The van der Waals surface area contributed by atoms with Crippen molar-refractivity contribution in [2.24, 2.45) is 0 Å². The molecule has 106 valence electrons. The van der Waals surface area contributed by atoms with Crippen LogP contribution in [0.3, 0.4) is 0 Å². The first-order valence-electron chi connectivity index (χ1n) is 7.91. The Morgan fingerprint density at radius 3 is 3.06 bits per heavy atom. The fraction of sp³-hybridized carbons (Fsp3) is 1.00. The number of rotatable bonds is 7. The van der Waals surface area contributed by atoms with Crippen molar-refractivity contribution >= 4 is 0 Å². The van der Waals surface area contributed by atoms with Crippen molar-refractivity contribution < 1.29 is 4.74 Å². The lowest BCUT2D eigenvalue weighted by atomic mass is 10.0. The van der Waals surface area contributed by atoms with Gasteiger partial charge in [-0.05, 0) is 58.5 Å². The minimum atomic E-state index is 0.541. The Morgan fingerprint density at radius 1 is 1.33 bits per heavy atom. The summed E-state index contributed by atoms with van der Waals surface area (Å²) in [6.07, 6.45) is 8.39. The molecule has 0 radical (unpaired) electrons. The number of hydrogen-bond acceptors (Lipinski definition) is 3. The molecule has 1 N–H and O–H groups in total. The first-order chi connectivity index (χ1) is 8.83. The smallest absolute Gasteiger partial charge is 0.0731 e. The van der Waals surface area contributed by atoms with Crippen molar-refractivity contribution in [3.8, 4) is 0 Å². The van der Waals surface area contributed by atoms with Gasteiger partial charge in [0.15, 0.2) is 0 Å². The van der Waals surface area contributed by atoms with Crippen LogP contribution in [0, 0.1) is 0 Å². The molecule has 1 aliphatic heterocycles. The van der Waals surface area contributed by atoms with Gasteiger partial charge in [0.05, 0.1) is 12.7 Å². The molecule has 1 saturated carbocycles. The van der Waals surface area contributed by atoms with Crippen LogP contribution in [0.5, 0.6) is 0 Å². The lowest BCUT2D eigenvalue weighted by Crippen LogP contribution is -2.52. The maximum atomic E-state index is 5.89. The molecule has 3 heteroatoms. The van der Waals surface area contributed by atoms with Crippen LogP contribution < -0.4 is 5.32 Å². The molecule has 2 fully saturated rings. The van der Waals surface area contributed by atoms with Gasteiger partial charge in [0, 0.05) is 18.6 Å². The lowest BCUT2D eigenvalue weighted by Gasteiger charge is -2.41. The highest BCUT2D eigenvalue weighted by Crippen LogP contribution is 2.31. The normalized spacial score (nSPS) is 30.3. The Morgan fingerprint density at radius 2 is 2.22 bits per heavy atom. The van der Waals surface area contributed by atoms with Crippen molar-refractivity contribution in [2.75, 3.05) is 26.2 Å². The molecule has 1 heterocycles. The summed E-state index contributed by atoms with van der Waals surface area (Å²) in [7, 11) is 0. The summed E-state index contributed by atoms with van der Waals surface area (Å²) in [4.78, 5) is 2.72. The summed E-state index contributed by atoms with van der Waals surface area (Å²) in [5.41, 5.74) is 0. The van der Waals surface area contributed by atoms with Crippen LogP contribution in [0.4, 0.5) is 0 Å². The van der Waals surface area contributed by atoms with Gasteiger partial charge < -0.3 is 10.1 Å². The van der Waals surface area contributed by atoms with Crippen molar-refractivity contribution in [3.05, 3.63) is 0 Å². The molecule has 0 amide bonds. The maximum absolute atomic E-state index is 5.89. The Kier molecular flexibility index (Phi) is 5.93. The van der Waals surface area contributed by atoms with E-state index >= 15 is 0 Å². The molecule has 1 saturated heterocycles. The molecule has 2 aliphatic rings. The number of ether oxygens (including phenoxy) is 1. The molecule has 0 aromatic rings. The topological polar surface area (TPSA) is 24.5 Å². The van der Waals surface area contributed by atoms with Crippen LogP contribution >= 0.6 is 0 Å². The van der Waals surface area contributed by atoms with Gasteiger partial charge in [-0.3, -0.25) is 4.90 Å². The summed E-state index contributed by atoms with van der Waals surface area (Å²) in [5.74, 6) is 0. The van der Waals surface area contributed by atoms with E-state index < -0.39 is 0 Å². The molecular weight excluding hydrogens is 224 g/mol. The largest absolute Gasteiger partial charge is 0.375 e. The zero-order valence-electron chi connectivity index (χ0n) is 12.2. The third kappa shape index (κ3) is 3.69. The van der Waals surface area contributed by atoms with Crippen molar-refractivity contribution in [2.45, 2.75) is 70.6 Å². The summed E-state index contributed by atoms with van der Waals surface area (Å²) >= 11 is 0. The minimum Gasteiger partial charge on any atom is -0.375 e. The standard InChI is InChI=1S/C15H30N2O/c1-3-9-16-10-5-6-13(2)17-11-12-18-15-8-4-7-14(15)17/h13-16H,3-12H2,1-2H3. The third-order valence-corrected chi connectivity index (χ3v) is 4.49. The summed E-state index contributed by atoms with van der Waals surface area (Å²) in [6.45, 7) is 9.06. The first-order valence-corrected chi connectivity index (χ1v) is 7.91. The summed E-state index contributed by atoms with van der Waals surface area (Å²) in [6, 6.07) is 1.44. The van der Waals surface area contributed by atoms with Crippen LogP contribution in [-0.4, -0.2) is 49.3 Å². The Bertz CT molecular complexity index is 235. The van der Waals surface area contributed by atoms with Gasteiger partial charge in [0.2, 0.25) is 0 Å². The predicted molar refractivity (Wildman–Crippen MR) is 75.9 cm³/mol. The van der Waals surface area contributed by atoms with E-state index in [2.05, 4.69) is 24.1 Å². The van der Waals surface area contributed by atoms with Crippen LogP contribution in [0.15, 0.2) is 0 Å². The van der Waals surface area contributed by atoms with Crippen molar-refractivity contribution in [1.29, 1.82) is 0 Å². The lowest BCUT2D eigenvalue weighted by molar-refractivity contribution is -0.0702. The SMILES string of the molecule is CCCNCCCC(C)N1CCOC2CCCC21. The minimum absolute atomic E-state index is 0.541. The van der Waals surface area contributed by atoms with Gasteiger partial charge in [0.25, 0.3) is 0 Å². The molecular formula is C15H30N2O. The van der Waals surface area contributed by atoms with E-state index in [4.69, 9.17) is 4.74 Å². The van der Waals surface area contributed by atoms with Crippen molar-refractivity contribution in [1.82, 2.24) is 10.2 Å². The van der Waals surface area contributed by atoms with Gasteiger partial charge in [-0.1, -0.05) is 6.92 Å². The monoisotopic (exact) mass is 254 g/mol. The molecule has 3 nitrogen and oxygen atoms in total. The molecule has 18 heavy (non-hydrogen) atoms. The van der Waals surface area contributed by atoms with Gasteiger partial charge in [-0.25, -0.2) is 0 Å². The summed E-state index contributed by atoms with van der Waals surface area (Å²) in [5, 5.41) is 3.50. The highest BCUT2D eigenvalue weighted by Gasteiger charge is 2.37. The average Bonchev–Trinajstić information content (AvgIpc) is 2.86. The third-order valence-electron chi connectivity index (χ3n) is 4.49. The van der Waals surface area contributed by atoms with Gasteiger partial charge in [-0.15, -0.1) is 0 Å². The van der Waals surface area contributed by atoms with E-state index in [1.165, 1.54) is 45.1 Å². The fourth-order valence-electron chi connectivity index (χ4n) is 3.49. The Labute approximate surface area is 112 Å². The van der Waals surface area contributed by atoms with Gasteiger partial charge >= 0.3 is 0 Å². The predicted octanol–water partition coefficient (Wildman–Crippen LogP) is 2.41. The average molecular weight is 254 g/mol. The zero-order chi connectivity index (χ0) is 12.8. The van der Waals surface area contributed by atoms with E-state index in [0.717, 1.165) is 31.8 Å². The van der Waals surface area contributed by atoms with Crippen LogP contribution in [-0.2, 0) is 4.74 Å². The van der Waals surface area contributed by atoms with Gasteiger partial charge in [-0.2, -0.15) is 0 Å². The maximum Gasteiger partial charge on any atom is 0.0731 e. The van der Waals surface area contributed by atoms with Crippen LogP contribution in [0.25, 0.3) is 0 Å². The van der Waals surface area contributed by atoms with Gasteiger partial charge in [0.1, 0.15) is 0 Å². The first kappa shape index (κ1) is 14.3. The quantitative estimate of drug-likeness (QED) is 0.706. The Balaban J connectivity index is 1.69. The highest BCUT2D eigenvalue weighted by atomic mass is 16.5. The molecule has 1 aliphatic carbocycles. The fourth-order valence-corrected chi connectivity index (χ4v) is 3.49.